The molecular weight excluding hydrogens is 350 g/mol. The Morgan fingerprint density at radius 3 is 2.69 bits per heavy atom. The van der Waals surface area contributed by atoms with Crippen LogP contribution in [-0.4, -0.2) is 41.7 Å². The van der Waals surface area contributed by atoms with Crippen LogP contribution in [0.4, 0.5) is 5.82 Å². The van der Waals surface area contributed by atoms with Crippen LogP contribution in [0.2, 0.25) is 5.02 Å². The third kappa shape index (κ3) is 3.51. The number of carbonyl (C=O) groups is 1. The van der Waals surface area contributed by atoms with Gasteiger partial charge in [0, 0.05) is 25.0 Å². The summed E-state index contributed by atoms with van der Waals surface area (Å²) >= 11 is 6.35. The number of carbonyl (C=O) groups excluding carboxylic acids is 1. The van der Waals surface area contributed by atoms with Gasteiger partial charge in [-0.1, -0.05) is 30.9 Å². The zero-order valence-corrected chi connectivity index (χ0v) is 15.5. The van der Waals surface area contributed by atoms with Crippen molar-refractivity contribution in [3.05, 3.63) is 34.9 Å². The van der Waals surface area contributed by atoms with Crippen LogP contribution >= 0.6 is 11.6 Å². The first-order chi connectivity index (χ1) is 12.6. The van der Waals surface area contributed by atoms with E-state index in [9.17, 15) is 9.90 Å². The van der Waals surface area contributed by atoms with Crippen LogP contribution in [0.1, 0.15) is 42.5 Å². The quantitative estimate of drug-likeness (QED) is 0.862. The maximum Gasteiger partial charge on any atom is 0.253 e. The van der Waals surface area contributed by atoms with Crippen molar-refractivity contribution in [3.8, 4) is 0 Å². The van der Waals surface area contributed by atoms with Gasteiger partial charge in [0.1, 0.15) is 5.82 Å². The van der Waals surface area contributed by atoms with Crippen LogP contribution in [0.15, 0.2) is 24.3 Å². The largest absolute Gasteiger partial charge is 0.389 e. The van der Waals surface area contributed by atoms with Crippen molar-refractivity contribution in [3.63, 3.8) is 0 Å². The maximum atomic E-state index is 12.8. The number of aromatic nitrogens is 1. The van der Waals surface area contributed by atoms with Crippen molar-refractivity contribution in [1.29, 1.82) is 0 Å². The number of pyridine rings is 1. The number of anilines is 1. The van der Waals surface area contributed by atoms with Gasteiger partial charge in [0.05, 0.1) is 22.2 Å². The summed E-state index contributed by atoms with van der Waals surface area (Å²) in [5.74, 6) is 1.27. The van der Waals surface area contributed by atoms with Crippen LogP contribution in [0, 0.1) is 5.92 Å². The third-order valence-corrected chi connectivity index (χ3v) is 5.81. The number of aliphatic hydroxyl groups is 1. The molecule has 2 aliphatic rings. The molecule has 0 unspecified atom stereocenters. The fourth-order valence-electron chi connectivity index (χ4n) is 3.93. The molecule has 1 aromatic heterocycles. The van der Waals surface area contributed by atoms with E-state index in [1.807, 2.05) is 23.1 Å². The lowest BCUT2D eigenvalue weighted by molar-refractivity contribution is 0.0945. The van der Waals surface area contributed by atoms with E-state index in [-0.39, 0.29) is 12.0 Å². The second kappa shape index (κ2) is 7.41. The zero-order valence-electron chi connectivity index (χ0n) is 14.7. The number of aliphatic hydroxyl groups excluding tert-OH is 1. The van der Waals surface area contributed by atoms with Crippen LogP contribution < -0.4 is 10.2 Å². The van der Waals surface area contributed by atoms with Gasteiger partial charge in [0.2, 0.25) is 0 Å². The molecule has 1 aliphatic carbocycles. The first kappa shape index (κ1) is 17.6. The highest BCUT2D eigenvalue weighted by atomic mass is 35.5. The highest BCUT2D eigenvalue weighted by Crippen LogP contribution is 2.29. The number of hydrogen-bond acceptors (Lipinski definition) is 4. The highest BCUT2D eigenvalue weighted by molar-refractivity contribution is 6.35. The minimum Gasteiger partial charge on any atom is -0.389 e. The van der Waals surface area contributed by atoms with Crippen molar-refractivity contribution in [2.45, 2.75) is 38.2 Å². The predicted molar refractivity (Wildman–Crippen MR) is 104 cm³/mol. The number of halogens is 1. The summed E-state index contributed by atoms with van der Waals surface area (Å²) < 4.78 is 0. The fourth-order valence-corrected chi connectivity index (χ4v) is 4.18. The summed E-state index contributed by atoms with van der Waals surface area (Å²) in [5.41, 5.74) is 1.25. The van der Waals surface area contributed by atoms with E-state index in [0.717, 1.165) is 16.7 Å². The molecular formula is C20H24ClN3O2. The Morgan fingerprint density at radius 1 is 1.19 bits per heavy atom. The van der Waals surface area contributed by atoms with E-state index in [1.165, 1.54) is 32.1 Å². The molecule has 2 aromatic rings. The third-order valence-electron chi connectivity index (χ3n) is 5.50. The van der Waals surface area contributed by atoms with Crippen LogP contribution in [0.3, 0.4) is 0 Å². The smallest absolute Gasteiger partial charge is 0.253 e. The Morgan fingerprint density at radius 2 is 1.96 bits per heavy atom. The van der Waals surface area contributed by atoms with E-state index in [0.29, 0.717) is 36.1 Å². The molecule has 1 aromatic carbocycles. The molecule has 0 spiro atoms. The lowest BCUT2D eigenvalue weighted by Gasteiger charge is -2.36. The van der Waals surface area contributed by atoms with Crippen molar-refractivity contribution in [2.75, 3.05) is 24.5 Å². The lowest BCUT2D eigenvalue weighted by atomic mass is 9.89. The number of nitrogens with zero attached hydrogens (tertiary/aromatic N) is 2. The molecule has 0 bridgehead atoms. The van der Waals surface area contributed by atoms with Gasteiger partial charge in [-0.05, 0) is 43.0 Å². The molecule has 2 heterocycles. The Hall–Kier alpha value is -1.85. The van der Waals surface area contributed by atoms with Gasteiger partial charge in [0.15, 0.2) is 0 Å². The normalized spacial score (nSPS) is 18.8. The number of rotatable bonds is 4. The summed E-state index contributed by atoms with van der Waals surface area (Å²) in [6.07, 6.45) is 5.92. The zero-order chi connectivity index (χ0) is 18.1. The molecule has 5 nitrogen and oxygen atoms in total. The first-order valence-electron chi connectivity index (χ1n) is 9.42. The minimum atomic E-state index is -0.279. The average molecular weight is 374 g/mol. The second-order valence-corrected chi connectivity index (χ2v) is 7.84. The molecule has 4 rings (SSSR count). The predicted octanol–water partition coefficient (Wildman–Crippen LogP) is 3.38. The molecule has 26 heavy (non-hydrogen) atoms. The number of hydrogen-bond donors (Lipinski definition) is 2. The number of nitrogens with one attached hydrogen (secondary N) is 1. The van der Waals surface area contributed by atoms with Gasteiger partial charge in [-0.3, -0.25) is 4.79 Å². The number of amides is 1. The van der Waals surface area contributed by atoms with Gasteiger partial charge in [-0.15, -0.1) is 0 Å². The van der Waals surface area contributed by atoms with E-state index in [2.05, 4.69) is 10.3 Å². The maximum absolute atomic E-state index is 12.8. The van der Waals surface area contributed by atoms with E-state index in [4.69, 9.17) is 11.6 Å². The molecule has 2 N–H and O–H groups in total. The summed E-state index contributed by atoms with van der Waals surface area (Å²) in [5, 5.41) is 13.8. The molecule has 0 atom stereocenters. The standard InChI is InChI=1S/C20H24ClN3O2/c21-16-7-8-17-15(6-9-18(23-17)24-11-14(25)12-24)19(16)20(26)22-10-13-4-2-1-3-5-13/h6-9,13-14,25H,1-5,10-12H2,(H,22,26). The van der Waals surface area contributed by atoms with Gasteiger partial charge in [0.25, 0.3) is 5.91 Å². The van der Waals surface area contributed by atoms with Crippen molar-refractivity contribution in [2.24, 2.45) is 5.92 Å². The van der Waals surface area contributed by atoms with E-state index >= 15 is 0 Å². The van der Waals surface area contributed by atoms with Crippen LogP contribution in [0.25, 0.3) is 10.9 Å². The molecule has 1 amide bonds. The Labute approximate surface area is 158 Å². The summed E-state index contributed by atoms with van der Waals surface area (Å²) in [4.78, 5) is 19.4. The number of fused-ring (bicyclic) bond motifs is 1. The molecule has 138 valence electrons. The Kier molecular flexibility index (Phi) is 5.00. The molecule has 6 heteroatoms. The van der Waals surface area contributed by atoms with Crippen molar-refractivity contribution < 1.29 is 9.90 Å². The second-order valence-electron chi connectivity index (χ2n) is 7.43. The van der Waals surface area contributed by atoms with Crippen LogP contribution in [-0.2, 0) is 0 Å². The molecule has 1 saturated carbocycles. The van der Waals surface area contributed by atoms with Crippen LogP contribution in [0.5, 0.6) is 0 Å². The SMILES string of the molecule is O=C(NCC1CCCCC1)c1c(Cl)ccc2nc(N3CC(O)C3)ccc12. The van der Waals surface area contributed by atoms with Gasteiger partial charge in [-0.2, -0.15) is 0 Å². The van der Waals surface area contributed by atoms with E-state index in [1.54, 1.807) is 6.07 Å². The molecule has 1 saturated heterocycles. The van der Waals surface area contributed by atoms with Gasteiger partial charge >= 0.3 is 0 Å². The number of benzene rings is 1. The first-order valence-corrected chi connectivity index (χ1v) is 9.80. The summed E-state index contributed by atoms with van der Waals surface area (Å²) in [7, 11) is 0. The Balaban J connectivity index is 1.55. The Bertz CT molecular complexity index is 814. The van der Waals surface area contributed by atoms with Crippen molar-refractivity contribution in [1.82, 2.24) is 10.3 Å². The molecule has 1 aliphatic heterocycles. The molecule has 0 radical (unpaired) electrons. The summed E-state index contributed by atoms with van der Waals surface area (Å²) in [6, 6.07) is 7.38. The minimum absolute atomic E-state index is 0.125. The van der Waals surface area contributed by atoms with Gasteiger partial charge < -0.3 is 15.3 Å². The highest BCUT2D eigenvalue weighted by Gasteiger charge is 2.26. The lowest BCUT2D eigenvalue weighted by Crippen LogP contribution is -2.51. The molecule has 2 fully saturated rings. The van der Waals surface area contributed by atoms with E-state index < -0.39 is 0 Å². The number of β-amino-alcohol motifs (C(OH)–C–C–N with tert-alkyl or cyclic N) is 1. The van der Waals surface area contributed by atoms with Gasteiger partial charge in [-0.25, -0.2) is 4.98 Å². The summed E-state index contributed by atoms with van der Waals surface area (Å²) in [6.45, 7) is 1.91. The average Bonchev–Trinajstić information content (AvgIpc) is 2.64. The topological polar surface area (TPSA) is 65.5 Å². The fraction of sp³-hybridized carbons (Fsp3) is 0.500. The monoisotopic (exact) mass is 373 g/mol. The van der Waals surface area contributed by atoms with Crippen molar-refractivity contribution >= 4 is 34.2 Å².